The molecule has 11 aromatic rings. The fourth-order valence-corrected chi connectivity index (χ4v) is 17.9. The minimum absolute atomic E-state index is 0.0709. The SMILES string of the molecule is COc1cc(-c2cc3c(s2)-c2cc4c(cc2C3(c2ccc(C)cc2)c2ccc(C)cc2)-c2sc(-c3cc(OC)c(/C=C5\Cc6cc(F)c(F)cc6C5=C(C#N)C#N)cc3OC)cc2C4(c2ccc(C)cc2)c2ccc(C)cc2)c(OC)cc1/C=C1\C(=O)c2cc(F)c(F)cc2C1=C(C#N)C#N. The number of benzene rings is 9. The molecule has 0 N–H and O–H groups in total. The summed E-state index contributed by atoms with van der Waals surface area (Å²) in [6.07, 6.45) is 3.37. The Morgan fingerprint density at radius 3 is 1.17 bits per heavy atom. The van der Waals surface area contributed by atoms with Crippen LogP contribution in [0.1, 0.15) is 105 Å². The highest BCUT2D eigenvalue weighted by Gasteiger charge is 2.53. The zero-order valence-corrected chi connectivity index (χ0v) is 57.3. The predicted octanol–water partition coefficient (Wildman–Crippen LogP) is 20.2. The highest BCUT2D eigenvalue weighted by molar-refractivity contribution is 7.19. The monoisotopic (exact) mass is 1360 g/mol. The van der Waals surface area contributed by atoms with E-state index in [2.05, 4.69) is 149 Å². The molecule has 0 amide bonds. The van der Waals surface area contributed by atoms with Crippen LogP contribution in [0.15, 0.2) is 192 Å². The van der Waals surface area contributed by atoms with E-state index in [-0.39, 0.29) is 45.4 Å². The Labute approximate surface area is 588 Å². The van der Waals surface area contributed by atoms with Crippen molar-refractivity contribution in [1.29, 1.82) is 21.0 Å². The highest BCUT2D eigenvalue weighted by atomic mass is 32.1. The maximum absolute atomic E-state index is 14.9. The van der Waals surface area contributed by atoms with E-state index in [0.29, 0.717) is 50.8 Å². The van der Waals surface area contributed by atoms with E-state index in [9.17, 15) is 43.4 Å². The van der Waals surface area contributed by atoms with Crippen molar-refractivity contribution in [2.45, 2.75) is 44.9 Å². The van der Waals surface area contributed by atoms with Crippen molar-refractivity contribution >= 4 is 51.8 Å². The number of hydrogen-bond acceptors (Lipinski definition) is 11. The van der Waals surface area contributed by atoms with Gasteiger partial charge in [0.2, 0.25) is 0 Å². The summed E-state index contributed by atoms with van der Waals surface area (Å²) in [6, 6.07) is 63.0. The van der Waals surface area contributed by atoms with Gasteiger partial charge in [-0.1, -0.05) is 119 Å². The molecule has 2 aromatic heterocycles. The lowest BCUT2D eigenvalue weighted by molar-refractivity contribution is 0.104. The van der Waals surface area contributed by atoms with Crippen molar-refractivity contribution in [3.05, 3.63) is 316 Å². The maximum Gasteiger partial charge on any atom is 0.194 e. The second kappa shape index (κ2) is 24.7. The third-order valence-corrected chi connectivity index (χ3v) is 22.5. The van der Waals surface area contributed by atoms with Crippen molar-refractivity contribution in [1.82, 2.24) is 0 Å². The molecule has 15 rings (SSSR count). The van der Waals surface area contributed by atoms with Crippen molar-refractivity contribution in [2.24, 2.45) is 0 Å². The lowest BCUT2D eigenvalue weighted by Gasteiger charge is -2.35. The van der Waals surface area contributed by atoms with E-state index in [4.69, 9.17) is 18.9 Å². The first-order valence-corrected chi connectivity index (χ1v) is 33.8. The second-order valence-electron chi connectivity index (χ2n) is 25.6. The zero-order chi connectivity index (χ0) is 70.7. The van der Waals surface area contributed by atoms with E-state index in [0.717, 1.165) is 127 Å². The van der Waals surface area contributed by atoms with Gasteiger partial charge >= 0.3 is 0 Å². The Kier molecular flexibility index (Phi) is 15.9. The zero-order valence-electron chi connectivity index (χ0n) is 55.7. The van der Waals surface area contributed by atoms with Crippen LogP contribution in [-0.2, 0) is 17.3 Å². The van der Waals surface area contributed by atoms with E-state index in [1.165, 1.54) is 13.2 Å². The van der Waals surface area contributed by atoms with Gasteiger partial charge in [0.15, 0.2) is 29.1 Å². The summed E-state index contributed by atoms with van der Waals surface area (Å²) in [6.45, 7) is 8.32. The van der Waals surface area contributed by atoms with Gasteiger partial charge in [-0.15, -0.1) is 22.7 Å². The molecule has 0 saturated carbocycles. The van der Waals surface area contributed by atoms with Crippen LogP contribution >= 0.6 is 22.7 Å². The average Bonchev–Trinajstić information content (AvgIpc) is 1.50. The summed E-state index contributed by atoms with van der Waals surface area (Å²) in [5, 5.41) is 40.7. The summed E-state index contributed by atoms with van der Waals surface area (Å²) in [5.74, 6) is -3.65. The molecule has 4 aliphatic rings. The molecule has 0 saturated heterocycles. The second-order valence-corrected chi connectivity index (χ2v) is 27.7. The van der Waals surface area contributed by atoms with E-state index in [1.807, 2.05) is 42.5 Å². The Morgan fingerprint density at radius 2 is 0.772 bits per heavy atom. The third-order valence-electron chi connectivity index (χ3n) is 20.1. The fourth-order valence-electron chi connectivity index (χ4n) is 15.4. The van der Waals surface area contributed by atoms with Crippen molar-refractivity contribution < 1.29 is 41.3 Å². The topological polar surface area (TPSA) is 149 Å². The molecular formula is C86H56F4N4O5S2. The minimum atomic E-state index is -1.25. The predicted molar refractivity (Wildman–Crippen MR) is 386 cm³/mol. The number of Topliss-reactive ketones (excluding diaryl/α,β-unsaturated/α-hetero) is 1. The number of nitriles is 4. The number of halogens is 4. The third kappa shape index (κ3) is 9.90. The summed E-state index contributed by atoms with van der Waals surface area (Å²) in [7, 11) is 6.21. The molecule has 9 nitrogen and oxygen atoms in total. The lowest BCUT2D eigenvalue weighted by atomic mass is 9.65. The van der Waals surface area contributed by atoms with Crippen LogP contribution in [-0.4, -0.2) is 34.2 Å². The molecule has 0 atom stereocenters. The summed E-state index contributed by atoms with van der Waals surface area (Å²) >= 11 is 3.26. The van der Waals surface area contributed by atoms with E-state index < -0.39 is 45.5 Å². The first kappa shape index (κ1) is 64.9. The average molecular weight is 1370 g/mol. The van der Waals surface area contributed by atoms with Gasteiger partial charge in [-0.05, 0) is 197 Å². The number of rotatable bonds is 12. The molecule has 0 aliphatic heterocycles. The molecule has 0 fully saturated rings. The van der Waals surface area contributed by atoms with Gasteiger partial charge in [0.1, 0.15) is 58.4 Å². The van der Waals surface area contributed by atoms with Crippen molar-refractivity contribution in [3.8, 4) is 89.0 Å². The number of allylic oxidation sites excluding steroid dienone is 6. The van der Waals surface area contributed by atoms with Gasteiger partial charge in [-0.2, -0.15) is 21.0 Å². The number of thiophene rings is 2. The Morgan fingerprint density at radius 1 is 0.406 bits per heavy atom. The molecule has 0 unspecified atom stereocenters. The van der Waals surface area contributed by atoms with Crippen LogP contribution < -0.4 is 18.9 Å². The summed E-state index contributed by atoms with van der Waals surface area (Å²) in [5.41, 5.74) is 15.4. The van der Waals surface area contributed by atoms with Gasteiger partial charge < -0.3 is 18.9 Å². The van der Waals surface area contributed by atoms with E-state index >= 15 is 0 Å². The summed E-state index contributed by atoms with van der Waals surface area (Å²) < 4.78 is 84.4. The van der Waals surface area contributed by atoms with E-state index in [1.54, 1.807) is 56.1 Å². The summed E-state index contributed by atoms with van der Waals surface area (Å²) in [4.78, 5) is 18.0. The first-order chi connectivity index (χ1) is 48.8. The van der Waals surface area contributed by atoms with Crippen molar-refractivity contribution in [3.63, 3.8) is 0 Å². The quantitative estimate of drug-likeness (QED) is 0.0662. The molecule has 2 heterocycles. The molecule has 9 aromatic carbocycles. The molecule has 15 heteroatoms. The first-order valence-electron chi connectivity index (χ1n) is 32.2. The maximum atomic E-state index is 14.9. The van der Waals surface area contributed by atoms with Gasteiger partial charge in [-0.25, -0.2) is 17.6 Å². The Balaban J connectivity index is 0.971. The highest BCUT2D eigenvalue weighted by Crippen LogP contribution is 2.67. The fraction of sp³-hybridized carbons (Fsp3) is 0.128. The number of ether oxygens (including phenoxy) is 4. The number of nitrogens with zero attached hydrogens (tertiary/aromatic N) is 4. The largest absolute Gasteiger partial charge is 0.496 e. The number of carbonyl (C=O) groups is 1. The van der Waals surface area contributed by atoms with Crippen molar-refractivity contribution in [2.75, 3.05) is 28.4 Å². The number of ketones is 1. The normalized spacial score (nSPS) is 14.6. The molecule has 490 valence electrons. The molecule has 0 bridgehead atoms. The van der Waals surface area contributed by atoms with Crippen LogP contribution in [0.25, 0.3) is 65.1 Å². The minimum Gasteiger partial charge on any atom is -0.496 e. The molecule has 0 radical (unpaired) electrons. The smallest absolute Gasteiger partial charge is 0.194 e. The molecule has 101 heavy (non-hydrogen) atoms. The molecule has 4 aliphatic carbocycles. The van der Waals surface area contributed by atoms with Gasteiger partial charge in [-0.3, -0.25) is 4.79 Å². The van der Waals surface area contributed by atoms with Crippen LogP contribution in [0.4, 0.5) is 17.6 Å². The van der Waals surface area contributed by atoms with Crippen LogP contribution in [0, 0.1) is 96.3 Å². The number of carbonyl (C=O) groups excluding carboxylic acids is 1. The molecule has 0 spiro atoms. The van der Waals surface area contributed by atoms with Crippen LogP contribution in [0.3, 0.4) is 0 Å². The number of aryl methyl sites for hydroxylation is 4. The van der Waals surface area contributed by atoms with Gasteiger partial charge in [0.05, 0.1) is 39.3 Å². The number of methoxy groups -OCH3 is 4. The Bertz CT molecular complexity index is 5640. The molecular weight excluding hydrogens is 1310 g/mol. The standard InChI is InChI=1S/C86H56F4N4O5S2/c1-44-9-17-54(18-10-44)85(55-19-11-45(2)12-20-55)66-32-62-67(31-61(66)83-68(85)38-78(100-83)63-36-74(96-5)49(29-76(63)98-7)26-51-25-48-28-70(87)71(88)33-58(48)80(51)52(40-91)41-92)86(56-21-13-46(3)14-22-56,57-23-15-47(4)16-24-57)69-39-79(101-84(62)69)64-37-75(97-6)50(30-77(64)99-8)27-65-81(53(42-93)43-94)59-34-72(89)73(90)35-60(59)82(65)95/h9-24,26-39H,25H2,1-8H3/b51-26+,65-27-. The number of fused-ring (bicyclic) bond motifs is 8. The number of hydrogen-bond donors (Lipinski definition) is 0. The van der Waals surface area contributed by atoms with Gasteiger partial charge in [0, 0.05) is 64.0 Å². The van der Waals surface area contributed by atoms with Gasteiger partial charge in [0.25, 0.3) is 0 Å². The van der Waals surface area contributed by atoms with Crippen LogP contribution in [0.2, 0.25) is 0 Å². The Hall–Kier alpha value is -12.1. The van der Waals surface area contributed by atoms with Crippen LogP contribution in [0.5, 0.6) is 23.0 Å². The lowest BCUT2D eigenvalue weighted by Crippen LogP contribution is -2.30.